The summed E-state index contributed by atoms with van der Waals surface area (Å²) in [6, 6.07) is 6.31. The molecule has 2 aliphatic rings. The molecular formula is C21H22N3O3-. The molecule has 6 heteroatoms. The van der Waals surface area contributed by atoms with Crippen LogP contribution in [0.15, 0.2) is 84.3 Å². The van der Waals surface area contributed by atoms with E-state index in [-0.39, 0.29) is 23.2 Å². The minimum atomic E-state index is -0.248. The number of hydrogen-bond acceptors (Lipinski definition) is 6. The molecule has 140 valence electrons. The van der Waals surface area contributed by atoms with E-state index in [2.05, 4.69) is 29.2 Å². The van der Waals surface area contributed by atoms with E-state index >= 15 is 0 Å². The van der Waals surface area contributed by atoms with Crippen molar-refractivity contribution < 1.29 is 10.0 Å². The van der Waals surface area contributed by atoms with Gasteiger partial charge in [-0.2, -0.15) is 0 Å². The number of hydrogen-bond donors (Lipinski definition) is 1. The highest BCUT2D eigenvalue weighted by atomic mass is 16.8. The lowest BCUT2D eigenvalue weighted by Crippen LogP contribution is -2.24. The third-order valence-corrected chi connectivity index (χ3v) is 4.48. The Morgan fingerprint density at radius 2 is 1.74 bits per heavy atom. The maximum absolute atomic E-state index is 12.4. The van der Waals surface area contributed by atoms with Gasteiger partial charge in [0.25, 0.3) is 0 Å². The monoisotopic (exact) mass is 364 g/mol. The molecule has 0 aromatic heterocycles. The molecule has 1 aliphatic carbocycles. The first kappa shape index (κ1) is 18.8. The van der Waals surface area contributed by atoms with Crippen LogP contribution < -0.4 is 5.23 Å². The quantitative estimate of drug-likeness (QED) is 0.639. The Labute approximate surface area is 158 Å². The minimum absolute atomic E-state index is 0.0319. The molecule has 1 N–H and O–H groups in total. The molecule has 0 fully saturated rings. The molecule has 1 aromatic carbocycles. The number of nitrogens with zero attached hydrogens (tertiary/aromatic N) is 3. The fourth-order valence-corrected chi connectivity index (χ4v) is 2.87. The Kier molecular flexibility index (Phi) is 5.71. The summed E-state index contributed by atoms with van der Waals surface area (Å²) in [7, 11) is 4.08. The molecule has 6 nitrogen and oxygen atoms in total. The molecule has 0 radical (unpaired) electrons. The molecule has 0 saturated heterocycles. The number of benzene rings is 1. The van der Waals surface area contributed by atoms with Crippen LogP contribution in [0.2, 0.25) is 0 Å². The van der Waals surface area contributed by atoms with Gasteiger partial charge in [0.15, 0.2) is 5.78 Å². The second kappa shape index (κ2) is 8.18. The van der Waals surface area contributed by atoms with Crippen molar-refractivity contribution in [2.45, 2.75) is 6.04 Å². The van der Waals surface area contributed by atoms with E-state index in [1.165, 1.54) is 12.1 Å². The van der Waals surface area contributed by atoms with Crippen molar-refractivity contribution in [3.8, 4) is 0 Å². The maximum Gasteiger partial charge on any atom is 0.182 e. The molecule has 0 amide bonds. The topological polar surface area (TPSA) is 70.1 Å². The SMILES string of the molecule is CN(C)C1C=CC(=C2C=CN(CC(=O)c3cccc(N([O-])O)c3)C=C2)C=C1. The summed E-state index contributed by atoms with van der Waals surface area (Å²) in [5.74, 6) is -0.143. The van der Waals surface area contributed by atoms with E-state index < -0.39 is 0 Å². The van der Waals surface area contributed by atoms with Crippen LogP contribution in [0.3, 0.4) is 0 Å². The van der Waals surface area contributed by atoms with E-state index in [0.717, 1.165) is 11.1 Å². The number of ketones is 1. The van der Waals surface area contributed by atoms with Crippen molar-refractivity contribution in [3.63, 3.8) is 0 Å². The van der Waals surface area contributed by atoms with E-state index in [1.807, 2.05) is 38.6 Å². The van der Waals surface area contributed by atoms with Crippen LogP contribution in [0.4, 0.5) is 5.69 Å². The predicted molar refractivity (Wildman–Crippen MR) is 106 cm³/mol. The van der Waals surface area contributed by atoms with Gasteiger partial charge in [-0.3, -0.25) is 14.9 Å². The first-order valence-corrected chi connectivity index (χ1v) is 8.63. The number of Topliss-reactive ketones (excluding diaryl/α,β-unsaturated/α-hetero) is 1. The summed E-state index contributed by atoms with van der Waals surface area (Å²) in [5, 5.41) is 19.7. The van der Waals surface area contributed by atoms with Gasteiger partial charge in [-0.05, 0) is 49.5 Å². The van der Waals surface area contributed by atoms with Crippen LogP contribution in [0.5, 0.6) is 0 Å². The number of likely N-dealkylation sites (N-methyl/N-ethyl adjacent to an activating group) is 1. The molecule has 0 unspecified atom stereocenters. The first-order valence-electron chi connectivity index (χ1n) is 8.63. The van der Waals surface area contributed by atoms with Gasteiger partial charge >= 0.3 is 0 Å². The minimum Gasteiger partial charge on any atom is -0.733 e. The van der Waals surface area contributed by atoms with Crippen molar-refractivity contribution >= 4 is 11.5 Å². The van der Waals surface area contributed by atoms with Crippen LogP contribution in [0.1, 0.15) is 10.4 Å². The van der Waals surface area contributed by atoms with Crippen LogP contribution in [0.25, 0.3) is 0 Å². The first-order chi connectivity index (χ1) is 12.9. The number of carbonyl (C=O) groups is 1. The Morgan fingerprint density at radius 3 is 2.33 bits per heavy atom. The van der Waals surface area contributed by atoms with Crippen LogP contribution >= 0.6 is 0 Å². The highest BCUT2D eigenvalue weighted by Gasteiger charge is 2.13. The van der Waals surface area contributed by atoms with Crippen molar-refractivity contribution in [1.29, 1.82) is 0 Å². The zero-order chi connectivity index (χ0) is 19.4. The van der Waals surface area contributed by atoms with Gasteiger partial charge in [-0.1, -0.05) is 36.4 Å². The fraction of sp³-hybridized carbons (Fsp3) is 0.190. The Morgan fingerprint density at radius 1 is 1.11 bits per heavy atom. The summed E-state index contributed by atoms with van der Waals surface area (Å²) in [4.78, 5) is 16.3. The molecule has 1 heterocycles. The van der Waals surface area contributed by atoms with E-state index in [4.69, 9.17) is 5.21 Å². The lowest BCUT2D eigenvalue weighted by molar-refractivity contribution is 0.0969. The van der Waals surface area contributed by atoms with Crippen molar-refractivity contribution in [3.05, 3.63) is 95.0 Å². The normalized spacial score (nSPS) is 18.6. The van der Waals surface area contributed by atoms with Crippen molar-refractivity contribution in [1.82, 2.24) is 9.80 Å². The molecular weight excluding hydrogens is 342 g/mol. The number of rotatable bonds is 5. The maximum atomic E-state index is 12.4. The van der Waals surface area contributed by atoms with E-state index in [0.29, 0.717) is 11.6 Å². The lowest BCUT2D eigenvalue weighted by atomic mass is 9.99. The van der Waals surface area contributed by atoms with E-state index in [9.17, 15) is 10.0 Å². The largest absolute Gasteiger partial charge is 0.733 e. The van der Waals surface area contributed by atoms with Gasteiger partial charge in [0.05, 0.1) is 12.2 Å². The molecule has 1 aromatic rings. The third-order valence-electron chi connectivity index (χ3n) is 4.48. The summed E-state index contributed by atoms with van der Waals surface area (Å²) in [5.41, 5.74) is 2.61. The van der Waals surface area contributed by atoms with Gasteiger partial charge < -0.3 is 15.3 Å². The summed E-state index contributed by atoms with van der Waals surface area (Å²) in [6.45, 7) is 0.151. The summed E-state index contributed by atoms with van der Waals surface area (Å²) < 4.78 is 0. The smallest absolute Gasteiger partial charge is 0.182 e. The Bertz CT molecular complexity index is 831. The van der Waals surface area contributed by atoms with Gasteiger partial charge in [0.2, 0.25) is 0 Å². The summed E-state index contributed by atoms with van der Waals surface area (Å²) >= 11 is 0. The van der Waals surface area contributed by atoms with Gasteiger partial charge in [-0.15, -0.1) is 0 Å². The summed E-state index contributed by atoms with van der Waals surface area (Å²) in [6.07, 6.45) is 16.1. The Hall–Kier alpha value is -2.93. The second-order valence-corrected chi connectivity index (χ2v) is 6.63. The van der Waals surface area contributed by atoms with Crippen molar-refractivity contribution in [2.75, 3.05) is 25.9 Å². The fourth-order valence-electron chi connectivity index (χ4n) is 2.87. The van der Waals surface area contributed by atoms with Gasteiger partial charge in [0.1, 0.15) is 0 Å². The molecule has 0 spiro atoms. The molecule has 27 heavy (non-hydrogen) atoms. The Balaban J connectivity index is 1.65. The van der Waals surface area contributed by atoms with Gasteiger partial charge in [0, 0.05) is 24.0 Å². The lowest BCUT2D eigenvalue weighted by Gasteiger charge is -2.23. The van der Waals surface area contributed by atoms with Crippen LogP contribution in [-0.4, -0.2) is 47.5 Å². The molecule has 3 rings (SSSR count). The molecule has 1 aliphatic heterocycles. The molecule has 0 atom stereocenters. The zero-order valence-electron chi connectivity index (χ0n) is 15.3. The second-order valence-electron chi connectivity index (χ2n) is 6.63. The van der Waals surface area contributed by atoms with Crippen molar-refractivity contribution in [2.24, 2.45) is 0 Å². The highest BCUT2D eigenvalue weighted by Crippen LogP contribution is 2.21. The standard InChI is InChI=1S/C21H22N3O3/c1-22(2)19-8-6-16(7-9-19)17-10-12-23(13-11-17)15-21(25)18-4-3-5-20(14-18)24(26)27/h3-14,19,26H,15H2,1-2H3/q-1. The van der Waals surface area contributed by atoms with E-state index in [1.54, 1.807) is 17.0 Å². The number of allylic oxidation sites excluding steroid dienone is 6. The average molecular weight is 364 g/mol. The average Bonchev–Trinajstić information content (AvgIpc) is 2.68. The van der Waals surface area contributed by atoms with Crippen LogP contribution in [-0.2, 0) is 0 Å². The van der Waals surface area contributed by atoms with Crippen LogP contribution in [0, 0.1) is 5.21 Å². The predicted octanol–water partition coefficient (Wildman–Crippen LogP) is 3.26. The third kappa shape index (κ3) is 4.62. The number of anilines is 1. The highest BCUT2D eigenvalue weighted by molar-refractivity contribution is 5.98. The molecule has 0 saturated carbocycles. The number of carbonyl (C=O) groups excluding carboxylic acids is 1. The van der Waals surface area contributed by atoms with Gasteiger partial charge in [-0.25, -0.2) is 0 Å². The molecule has 0 bridgehead atoms. The zero-order valence-corrected chi connectivity index (χ0v) is 15.3.